The fourth-order valence-electron chi connectivity index (χ4n) is 2.94. The van der Waals surface area contributed by atoms with Gasteiger partial charge in [0.15, 0.2) is 0 Å². The van der Waals surface area contributed by atoms with Crippen molar-refractivity contribution in [2.75, 3.05) is 0 Å². The lowest BCUT2D eigenvalue weighted by molar-refractivity contribution is -0.150. The lowest BCUT2D eigenvalue weighted by Gasteiger charge is -2.30. The normalized spacial score (nSPS) is 16.1. The van der Waals surface area contributed by atoms with Crippen LogP contribution < -0.4 is 0 Å². The number of carbonyl (C=O) groups excluding carboxylic acids is 2. The summed E-state index contributed by atoms with van der Waals surface area (Å²) < 4.78 is 4.68. The van der Waals surface area contributed by atoms with Gasteiger partial charge in [0.05, 0.1) is 8.07 Å². The van der Waals surface area contributed by atoms with E-state index in [0.717, 1.165) is 42.6 Å². The lowest BCUT2D eigenvalue weighted by Crippen LogP contribution is -2.39. The van der Waals surface area contributed by atoms with Gasteiger partial charge in [0, 0.05) is 11.3 Å². The highest BCUT2D eigenvalue weighted by Crippen LogP contribution is 2.35. The van der Waals surface area contributed by atoms with Gasteiger partial charge in [0.25, 0.3) is 0 Å². The zero-order valence-electron chi connectivity index (χ0n) is 11.0. The molecule has 0 fully saturated rings. The maximum atomic E-state index is 11.8. The molecule has 0 amide bonds. The molecule has 0 aliphatic carbocycles. The zero-order chi connectivity index (χ0) is 12.9. The maximum absolute atomic E-state index is 11.8. The molecule has 4 heteroatoms. The summed E-state index contributed by atoms with van der Waals surface area (Å²) in [5.41, 5.74) is 0. The summed E-state index contributed by atoms with van der Waals surface area (Å²) in [5.74, 6) is -0.831. The fourth-order valence-corrected chi connectivity index (χ4v) is 8.27. The van der Waals surface area contributed by atoms with E-state index in [2.05, 4.69) is 25.5 Å². The zero-order valence-corrected chi connectivity index (χ0v) is 12.0. The quantitative estimate of drug-likeness (QED) is 0.398. The van der Waals surface area contributed by atoms with Crippen molar-refractivity contribution < 1.29 is 14.3 Å². The van der Waals surface area contributed by atoms with Gasteiger partial charge in [-0.2, -0.15) is 0 Å². The van der Waals surface area contributed by atoms with Gasteiger partial charge in [-0.25, -0.2) is 9.59 Å². The summed E-state index contributed by atoms with van der Waals surface area (Å²) in [4.78, 5) is 23.0. The minimum atomic E-state index is -1.80. The molecule has 0 aromatic heterocycles. The predicted octanol–water partition coefficient (Wildman–Crippen LogP) is 3.21. The Balaban J connectivity index is 3.06. The first-order chi connectivity index (χ1) is 8.09. The highest BCUT2D eigenvalue weighted by molar-refractivity contribution is 6.90. The van der Waals surface area contributed by atoms with Crippen molar-refractivity contribution >= 4 is 20.0 Å². The van der Waals surface area contributed by atoms with Gasteiger partial charge in [-0.15, -0.1) is 0 Å². The van der Waals surface area contributed by atoms with Crippen LogP contribution in [0, 0.1) is 0 Å². The second-order valence-corrected chi connectivity index (χ2v) is 9.40. The molecule has 1 aliphatic heterocycles. The summed E-state index contributed by atoms with van der Waals surface area (Å²) in [6.45, 7) is 6.45. The molecule has 96 valence electrons. The third kappa shape index (κ3) is 3.06. The molecular formula is C13H22O3Si. The summed E-state index contributed by atoms with van der Waals surface area (Å²) in [7, 11) is -1.80. The number of ether oxygens (including phenoxy) is 1. The molecule has 0 radical (unpaired) electrons. The van der Waals surface area contributed by atoms with E-state index < -0.39 is 14.0 Å². The van der Waals surface area contributed by atoms with E-state index >= 15 is 0 Å². The molecule has 0 unspecified atom stereocenters. The van der Waals surface area contributed by atoms with Crippen molar-refractivity contribution in [1.29, 1.82) is 0 Å². The van der Waals surface area contributed by atoms with Crippen LogP contribution in [-0.4, -0.2) is 20.0 Å². The first kappa shape index (κ1) is 14.2. The Hall–Kier alpha value is -0.903. The number of hydrogen-bond donors (Lipinski definition) is 0. The minimum Gasteiger partial charge on any atom is -0.387 e. The van der Waals surface area contributed by atoms with Gasteiger partial charge in [-0.3, -0.25) is 0 Å². The van der Waals surface area contributed by atoms with E-state index in [0.29, 0.717) is 0 Å². The molecule has 0 saturated carbocycles. The van der Waals surface area contributed by atoms with Gasteiger partial charge in [-0.05, 0) is 0 Å². The molecule has 0 aromatic rings. The first-order valence-electron chi connectivity index (χ1n) is 6.58. The molecule has 0 spiro atoms. The maximum Gasteiger partial charge on any atom is 0.338 e. The van der Waals surface area contributed by atoms with Crippen LogP contribution in [0.15, 0.2) is 11.3 Å². The summed E-state index contributed by atoms with van der Waals surface area (Å²) in [6, 6.07) is 3.26. The van der Waals surface area contributed by atoms with Crippen LogP contribution in [0.2, 0.25) is 18.1 Å². The number of rotatable bonds is 7. The van der Waals surface area contributed by atoms with Crippen molar-refractivity contribution in [3.05, 3.63) is 11.3 Å². The largest absolute Gasteiger partial charge is 0.387 e. The Labute approximate surface area is 104 Å². The molecule has 17 heavy (non-hydrogen) atoms. The second-order valence-electron chi connectivity index (χ2n) is 4.80. The van der Waals surface area contributed by atoms with Crippen LogP contribution in [0.5, 0.6) is 0 Å². The number of esters is 2. The van der Waals surface area contributed by atoms with E-state index in [1.54, 1.807) is 0 Å². The van der Waals surface area contributed by atoms with Crippen molar-refractivity contribution in [2.24, 2.45) is 0 Å². The van der Waals surface area contributed by atoms with Gasteiger partial charge >= 0.3 is 11.9 Å². The smallest absolute Gasteiger partial charge is 0.338 e. The third-order valence-corrected chi connectivity index (χ3v) is 9.29. The van der Waals surface area contributed by atoms with Gasteiger partial charge < -0.3 is 4.74 Å². The predicted molar refractivity (Wildman–Crippen MR) is 70.2 cm³/mol. The Morgan fingerprint density at radius 3 is 1.76 bits per heavy atom. The van der Waals surface area contributed by atoms with E-state index in [1.165, 1.54) is 6.08 Å². The summed E-state index contributed by atoms with van der Waals surface area (Å²) in [6.07, 6.45) is 4.69. The Morgan fingerprint density at radius 2 is 1.47 bits per heavy atom. The number of hydrogen-bond acceptors (Lipinski definition) is 3. The van der Waals surface area contributed by atoms with Crippen LogP contribution in [0.1, 0.15) is 40.0 Å². The van der Waals surface area contributed by atoms with E-state index in [9.17, 15) is 9.59 Å². The molecule has 3 nitrogen and oxygen atoms in total. The molecule has 1 aliphatic rings. The Bertz CT molecular complexity index is 317. The van der Waals surface area contributed by atoms with Crippen LogP contribution >= 0.6 is 0 Å². The Morgan fingerprint density at radius 1 is 1.00 bits per heavy atom. The number of cyclic esters (lactones) is 2. The van der Waals surface area contributed by atoms with Crippen LogP contribution in [0.25, 0.3) is 0 Å². The summed E-state index contributed by atoms with van der Waals surface area (Å²) in [5, 5.41) is 0.744. The van der Waals surface area contributed by atoms with Crippen LogP contribution in [0.4, 0.5) is 0 Å². The standard InChI is InChI=1S/C13H22O3Si/c1-4-7-17(8-5-2,9-6-3)11-10-12(14)16-13(11)15/h10H,4-9H2,1-3H3. The van der Waals surface area contributed by atoms with Crippen LogP contribution in [-0.2, 0) is 14.3 Å². The molecule has 0 aromatic carbocycles. The minimum absolute atomic E-state index is 0.364. The van der Waals surface area contributed by atoms with Crippen molar-refractivity contribution in [1.82, 2.24) is 0 Å². The van der Waals surface area contributed by atoms with E-state index in [1.807, 2.05) is 0 Å². The number of carbonyl (C=O) groups is 2. The van der Waals surface area contributed by atoms with Crippen LogP contribution in [0.3, 0.4) is 0 Å². The third-order valence-electron chi connectivity index (χ3n) is 3.43. The van der Waals surface area contributed by atoms with Crippen molar-refractivity contribution in [3.8, 4) is 0 Å². The van der Waals surface area contributed by atoms with Crippen molar-refractivity contribution in [3.63, 3.8) is 0 Å². The molecule has 1 rings (SSSR count). The highest BCUT2D eigenvalue weighted by atomic mass is 28.3. The SMILES string of the molecule is CCC[Si](CCC)(CCC)C1=CC(=O)OC1=O. The van der Waals surface area contributed by atoms with E-state index in [-0.39, 0.29) is 5.97 Å². The molecule has 0 atom stereocenters. The lowest BCUT2D eigenvalue weighted by atomic mass is 10.5. The summed E-state index contributed by atoms with van der Waals surface area (Å²) >= 11 is 0. The van der Waals surface area contributed by atoms with Gasteiger partial charge in [0.1, 0.15) is 0 Å². The highest BCUT2D eigenvalue weighted by Gasteiger charge is 2.42. The van der Waals surface area contributed by atoms with Gasteiger partial charge in [-0.1, -0.05) is 58.2 Å². The molecule has 0 saturated heterocycles. The molecular weight excluding hydrogens is 232 g/mol. The topological polar surface area (TPSA) is 43.4 Å². The van der Waals surface area contributed by atoms with E-state index in [4.69, 9.17) is 0 Å². The molecule has 0 bridgehead atoms. The second kappa shape index (κ2) is 6.14. The average Bonchev–Trinajstić information content (AvgIpc) is 2.59. The first-order valence-corrected chi connectivity index (χ1v) is 9.20. The van der Waals surface area contributed by atoms with Gasteiger partial charge in [0.2, 0.25) is 0 Å². The monoisotopic (exact) mass is 254 g/mol. The Kier molecular flexibility index (Phi) is 5.12. The molecule has 1 heterocycles. The molecule has 0 N–H and O–H groups in total. The van der Waals surface area contributed by atoms with Crippen molar-refractivity contribution in [2.45, 2.75) is 58.2 Å². The fraction of sp³-hybridized carbons (Fsp3) is 0.692. The average molecular weight is 254 g/mol.